The number of methoxy groups -OCH3 is 1. The minimum atomic E-state index is -0.156. The first-order valence-corrected chi connectivity index (χ1v) is 10.4. The molecule has 0 fully saturated rings. The highest BCUT2D eigenvalue weighted by Gasteiger charge is 2.14. The Labute approximate surface area is 186 Å². The Balaban J connectivity index is 1.60. The van der Waals surface area contributed by atoms with Crippen LogP contribution in [0, 0.1) is 0 Å². The van der Waals surface area contributed by atoms with E-state index in [2.05, 4.69) is 30.2 Å². The molecule has 0 aliphatic rings. The number of hydrogen-bond acceptors (Lipinski definition) is 4. The SMILES string of the molecule is COc1ccc(-c2nc3cc(C(C)C)ccc3o2)cc1NC(=O)Cc1ccc(Cl)cc1. The smallest absolute Gasteiger partial charge is 0.228 e. The molecule has 4 rings (SSSR count). The molecule has 0 bridgehead atoms. The molecular formula is C25H23ClN2O3. The van der Waals surface area contributed by atoms with Crippen LogP contribution in [0.15, 0.2) is 65.1 Å². The summed E-state index contributed by atoms with van der Waals surface area (Å²) in [6.07, 6.45) is 0.228. The summed E-state index contributed by atoms with van der Waals surface area (Å²) in [5.74, 6) is 1.31. The number of amides is 1. The van der Waals surface area contributed by atoms with Crippen molar-refractivity contribution in [1.29, 1.82) is 0 Å². The molecule has 31 heavy (non-hydrogen) atoms. The number of ether oxygens (including phenoxy) is 1. The number of oxazole rings is 1. The van der Waals surface area contributed by atoms with E-state index < -0.39 is 0 Å². The lowest BCUT2D eigenvalue weighted by Crippen LogP contribution is -2.15. The van der Waals surface area contributed by atoms with Crippen molar-refractivity contribution in [2.75, 3.05) is 12.4 Å². The molecule has 3 aromatic carbocycles. The maximum absolute atomic E-state index is 12.6. The third-order valence-corrected chi connectivity index (χ3v) is 5.33. The summed E-state index contributed by atoms with van der Waals surface area (Å²) in [6, 6.07) is 18.7. The summed E-state index contributed by atoms with van der Waals surface area (Å²) < 4.78 is 11.4. The van der Waals surface area contributed by atoms with Gasteiger partial charge in [-0.3, -0.25) is 4.79 Å². The number of anilines is 1. The molecule has 0 atom stereocenters. The largest absolute Gasteiger partial charge is 0.495 e. The number of halogens is 1. The molecule has 0 aliphatic heterocycles. The Morgan fingerprint density at radius 3 is 2.58 bits per heavy atom. The first-order valence-electron chi connectivity index (χ1n) is 10.1. The quantitative estimate of drug-likeness (QED) is 0.378. The molecule has 1 heterocycles. The standard InChI is InChI=1S/C25H23ClN2O3/c1-15(2)17-6-11-23-21(13-17)28-25(31-23)18-7-10-22(30-3)20(14-18)27-24(29)12-16-4-8-19(26)9-5-16/h4-11,13-15H,12H2,1-3H3,(H,27,29). The highest BCUT2D eigenvalue weighted by atomic mass is 35.5. The topological polar surface area (TPSA) is 64.4 Å². The average Bonchev–Trinajstić information content (AvgIpc) is 3.18. The zero-order chi connectivity index (χ0) is 22.0. The molecular weight excluding hydrogens is 412 g/mol. The van der Waals surface area contributed by atoms with Gasteiger partial charge >= 0.3 is 0 Å². The Morgan fingerprint density at radius 1 is 1.10 bits per heavy atom. The summed E-state index contributed by atoms with van der Waals surface area (Å²) in [5, 5.41) is 3.56. The van der Waals surface area contributed by atoms with Crippen LogP contribution in [0.3, 0.4) is 0 Å². The van der Waals surface area contributed by atoms with Crippen molar-refractivity contribution in [3.05, 3.63) is 76.8 Å². The van der Waals surface area contributed by atoms with Gasteiger partial charge in [0.2, 0.25) is 11.8 Å². The number of fused-ring (bicyclic) bond motifs is 1. The average molecular weight is 435 g/mol. The van der Waals surface area contributed by atoms with Crippen molar-refractivity contribution in [3.63, 3.8) is 0 Å². The minimum absolute atomic E-state index is 0.156. The molecule has 1 N–H and O–H groups in total. The number of rotatable bonds is 6. The van der Waals surface area contributed by atoms with Crippen LogP contribution in [0.2, 0.25) is 5.02 Å². The predicted molar refractivity (Wildman–Crippen MR) is 124 cm³/mol. The van der Waals surface area contributed by atoms with Gasteiger partial charge in [0.05, 0.1) is 19.2 Å². The van der Waals surface area contributed by atoms with E-state index in [1.165, 1.54) is 5.56 Å². The van der Waals surface area contributed by atoms with Crippen LogP contribution in [0.1, 0.15) is 30.9 Å². The molecule has 0 spiro atoms. The highest BCUT2D eigenvalue weighted by molar-refractivity contribution is 6.30. The number of benzene rings is 3. The normalized spacial score (nSPS) is 11.1. The van der Waals surface area contributed by atoms with Gasteiger partial charge in [0, 0.05) is 10.6 Å². The lowest BCUT2D eigenvalue weighted by molar-refractivity contribution is -0.115. The van der Waals surface area contributed by atoms with Crippen LogP contribution in [0.4, 0.5) is 5.69 Å². The Morgan fingerprint density at radius 2 is 1.87 bits per heavy atom. The Hall–Kier alpha value is -3.31. The molecule has 1 aromatic heterocycles. The highest BCUT2D eigenvalue weighted by Crippen LogP contribution is 2.32. The number of nitrogens with one attached hydrogen (secondary N) is 1. The van der Waals surface area contributed by atoms with Gasteiger partial charge in [0.25, 0.3) is 0 Å². The Bertz CT molecular complexity index is 1230. The Kier molecular flexibility index (Phi) is 5.96. The van der Waals surface area contributed by atoms with Crippen molar-refractivity contribution < 1.29 is 13.9 Å². The van der Waals surface area contributed by atoms with E-state index >= 15 is 0 Å². The molecule has 4 aromatic rings. The van der Waals surface area contributed by atoms with Crippen molar-refractivity contribution in [2.45, 2.75) is 26.2 Å². The molecule has 1 amide bonds. The van der Waals surface area contributed by atoms with Crippen LogP contribution in [-0.4, -0.2) is 18.0 Å². The van der Waals surface area contributed by atoms with Crippen molar-refractivity contribution >= 4 is 34.3 Å². The first-order chi connectivity index (χ1) is 14.9. The molecule has 0 radical (unpaired) electrons. The number of aromatic nitrogens is 1. The maximum Gasteiger partial charge on any atom is 0.228 e. The summed E-state index contributed by atoms with van der Waals surface area (Å²) in [4.78, 5) is 17.2. The van der Waals surface area contributed by atoms with Crippen LogP contribution in [0.25, 0.3) is 22.6 Å². The van der Waals surface area contributed by atoms with E-state index in [4.69, 9.17) is 20.8 Å². The van der Waals surface area contributed by atoms with Crippen LogP contribution >= 0.6 is 11.6 Å². The number of nitrogens with zero attached hydrogens (tertiary/aromatic N) is 1. The fourth-order valence-electron chi connectivity index (χ4n) is 3.35. The molecule has 0 saturated heterocycles. The fraction of sp³-hybridized carbons (Fsp3) is 0.200. The number of carbonyl (C=O) groups excluding carboxylic acids is 1. The van der Waals surface area contributed by atoms with Gasteiger partial charge < -0.3 is 14.5 Å². The lowest BCUT2D eigenvalue weighted by atomic mass is 10.0. The molecule has 6 heteroatoms. The number of hydrogen-bond donors (Lipinski definition) is 1. The molecule has 0 unspecified atom stereocenters. The van der Waals surface area contributed by atoms with E-state index in [1.807, 2.05) is 36.4 Å². The summed E-state index contributed by atoms with van der Waals surface area (Å²) in [6.45, 7) is 4.29. The van der Waals surface area contributed by atoms with Gasteiger partial charge in [-0.1, -0.05) is 43.6 Å². The van der Waals surface area contributed by atoms with E-state index in [-0.39, 0.29) is 12.3 Å². The minimum Gasteiger partial charge on any atom is -0.495 e. The fourth-order valence-corrected chi connectivity index (χ4v) is 3.47. The second kappa shape index (κ2) is 8.82. The van der Waals surface area contributed by atoms with Gasteiger partial charge in [-0.15, -0.1) is 0 Å². The van der Waals surface area contributed by atoms with Crippen molar-refractivity contribution in [1.82, 2.24) is 4.98 Å². The zero-order valence-electron chi connectivity index (χ0n) is 17.6. The summed E-state index contributed by atoms with van der Waals surface area (Å²) in [5.41, 5.74) is 4.93. The van der Waals surface area contributed by atoms with E-state index in [9.17, 15) is 4.79 Å². The van der Waals surface area contributed by atoms with E-state index in [0.29, 0.717) is 28.3 Å². The third-order valence-electron chi connectivity index (χ3n) is 5.08. The number of carbonyl (C=O) groups is 1. The van der Waals surface area contributed by atoms with Gasteiger partial charge in [0.15, 0.2) is 5.58 Å². The van der Waals surface area contributed by atoms with Crippen LogP contribution < -0.4 is 10.1 Å². The van der Waals surface area contributed by atoms with Crippen LogP contribution in [0.5, 0.6) is 5.75 Å². The molecule has 0 aliphatic carbocycles. The second-order valence-electron chi connectivity index (χ2n) is 7.67. The molecule has 158 valence electrons. The van der Waals surface area contributed by atoms with Gasteiger partial charge in [-0.25, -0.2) is 4.98 Å². The van der Waals surface area contributed by atoms with Crippen molar-refractivity contribution in [2.24, 2.45) is 0 Å². The maximum atomic E-state index is 12.6. The van der Waals surface area contributed by atoms with Gasteiger partial charge in [-0.2, -0.15) is 0 Å². The zero-order valence-corrected chi connectivity index (χ0v) is 18.4. The van der Waals surface area contributed by atoms with E-state index in [1.54, 1.807) is 25.3 Å². The molecule has 0 saturated carbocycles. The van der Waals surface area contributed by atoms with Gasteiger partial charge in [-0.05, 0) is 59.5 Å². The monoisotopic (exact) mass is 434 g/mol. The second-order valence-corrected chi connectivity index (χ2v) is 8.10. The predicted octanol–water partition coefficient (Wildman–Crippen LogP) is 6.46. The lowest BCUT2D eigenvalue weighted by Gasteiger charge is -2.11. The molecule has 5 nitrogen and oxygen atoms in total. The van der Waals surface area contributed by atoms with Crippen molar-refractivity contribution in [3.8, 4) is 17.2 Å². The third kappa shape index (κ3) is 4.72. The first kappa shape index (κ1) is 20.9. The van der Waals surface area contributed by atoms with Crippen LogP contribution in [-0.2, 0) is 11.2 Å². The van der Waals surface area contributed by atoms with Gasteiger partial charge in [0.1, 0.15) is 11.3 Å². The summed E-state index contributed by atoms with van der Waals surface area (Å²) in [7, 11) is 1.57. The summed E-state index contributed by atoms with van der Waals surface area (Å²) >= 11 is 5.91. The van der Waals surface area contributed by atoms with E-state index in [0.717, 1.165) is 22.2 Å².